The van der Waals surface area contributed by atoms with Gasteiger partial charge in [0.15, 0.2) is 0 Å². The van der Waals surface area contributed by atoms with Gasteiger partial charge >= 0.3 is 11.9 Å². The van der Waals surface area contributed by atoms with Crippen LogP contribution in [-0.4, -0.2) is 51.1 Å². The van der Waals surface area contributed by atoms with Gasteiger partial charge in [-0.25, -0.2) is 18.7 Å². The Balaban J connectivity index is 1.56. The van der Waals surface area contributed by atoms with Crippen LogP contribution >= 0.6 is 0 Å². The highest BCUT2D eigenvalue weighted by atomic mass is 19.4. The van der Waals surface area contributed by atoms with Crippen molar-refractivity contribution in [3.63, 3.8) is 0 Å². The maximum atomic E-state index is 14.7. The summed E-state index contributed by atoms with van der Waals surface area (Å²) in [5.74, 6) is -4.53. The molecule has 0 radical (unpaired) electrons. The Morgan fingerprint density at radius 3 is 2.43 bits per heavy atom. The molecule has 0 saturated carbocycles. The standard InChI is InChI=1S/C20H15F5N6O4/c21-19(22)8-31(7-14(19)27-15(32)9-1-3-10(4-2-9)20(23,24)25)13-5-12(29-30-17(13)34)11-6-26-18(35)28-16(11)33/h1-6,14H,7-8H2,(H,27,32)(H,30,34)(H2,26,28,33,35). The van der Waals surface area contributed by atoms with Crippen molar-refractivity contribution in [1.82, 2.24) is 25.5 Å². The molecule has 4 N–H and O–H groups in total. The molecular weight excluding hydrogens is 483 g/mol. The van der Waals surface area contributed by atoms with Gasteiger partial charge in [-0.2, -0.15) is 18.3 Å². The predicted molar refractivity (Wildman–Crippen MR) is 111 cm³/mol. The van der Waals surface area contributed by atoms with Crippen molar-refractivity contribution in [3.8, 4) is 11.3 Å². The Morgan fingerprint density at radius 2 is 1.80 bits per heavy atom. The molecule has 1 aliphatic heterocycles. The summed E-state index contributed by atoms with van der Waals surface area (Å²) < 4.78 is 67.4. The molecule has 10 nitrogen and oxygen atoms in total. The monoisotopic (exact) mass is 498 g/mol. The van der Waals surface area contributed by atoms with Gasteiger partial charge in [0.25, 0.3) is 22.9 Å². The van der Waals surface area contributed by atoms with Gasteiger partial charge in [0.1, 0.15) is 11.7 Å². The average molecular weight is 498 g/mol. The second-order valence-corrected chi connectivity index (χ2v) is 7.70. The number of hydrogen-bond acceptors (Lipinski definition) is 6. The predicted octanol–water partition coefficient (Wildman–Crippen LogP) is 1.09. The van der Waals surface area contributed by atoms with Gasteiger partial charge in [0.2, 0.25) is 0 Å². The Labute approximate surface area is 190 Å². The number of rotatable bonds is 4. The molecule has 1 aliphatic rings. The summed E-state index contributed by atoms with van der Waals surface area (Å²) in [7, 11) is 0. The van der Waals surface area contributed by atoms with Crippen molar-refractivity contribution in [2.24, 2.45) is 0 Å². The number of alkyl halides is 5. The first-order chi connectivity index (χ1) is 16.3. The molecule has 1 unspecified atom stereocenters. The van der Waals surface area contributed by atoms with Crippen LogP contribution in [0.4, 0.5) is 27.6 Å². The third-order valence-electron chi connectivity index (χ3n) is 5.31. The van der Waals surface area contributed by atoms with Crippen LogP contribution in [0.25, 0.3) is 11.3 Å². The summed E-state index contributed by atoms with van der Waals surface area (Å²) in [5.41, 5.74) is -4.24. The van der Waals surface area contributed by atoms with E-state index in [9.17, 15) is 41.1 Å². The molecule has 1 atom stereocenters. The molecule has 2 aromatic heterocycles. The number of aromatic amines is 3. The van der Waals surface area contributed by atoms with E-state index in [0.717, 1.165) is 29.3 Å². The number of amides is 1. The first-order valence-electron chi connectivity index (χ1n) is 9.88. The molecule has 3 aromatic rings. The lowest BCUT2D eigenvalue weighted by Gasteiger charge is -2.18. The Hall–Kier alpha value is -4.30. The largest absolute Gasteiger partial charge is 0.416 e. The number of carbonyl (C=O) groups excluding carboxylic acids is 1. The highest BCUT2D eigenvalue weighted by Gasteiger charge is 2.49. The molecule has 35 heavy (non-hydrogen) atoms. The summed E-state index contributed by atoms with van der Waals surface area (Å²) in [6, 6.07) is 2.35. The minimum Gasteiger partial charge on any atom is -0.359 e. The summed E-state index contributed by atoms with van der Waals surface area (Å²) in [6.45, 7) is -1.49. The Kier molecular flexibility index (Phi) is 5.78. The molecule has 1 saturated heterocycles. The average Bonchev–Trinajstić information content (AvgIpc) is 3.07. The number of benzene rings is 1. The van der Waals surface area contributed by atoms with Crippen LogP contribution in [0.2, 0.25) is 0 Å². The number of aromatic nitrogens is 4. The number of carbonyl (C=O) groups is 1. The number of halogens is 5. The minimum absolute atomic E-state index is 0.113. The highest BCUT2D eigenvalue weighted by Crippen LogP contribution is 2.32. The van der Waals surface area contributed by atoms with Gasteiger partial charge < -0.3 is 15.2 Å². The van der Waals surface area contributed by atoms with Crippen LogP contribution in [0.5, 0.6) is 0 Å². The number of nitrogens with one attached hydrogen (secondary N) is 4. The summed E-state index contributed by atoms with van der Waals surface area (Å²) in [6.07, 6.45) is -3.58. The molecule has 1 amide bonds. The first kappa shape index (κ1) is 23.8. The van der Waals surface area contributed by atoms with Crippen LogP contribution in [0, 0.1) is 0 Å². The quantitative estimate of drug-likeness (QED) is 0.397. The number of H-pyrrole nitrogens is 3. The molecular formula is C20H15F5N6O4. The van der Waals surface area contributed by atoms with Crippen LogP contribution in [0.15, 0.2) is 50.9 Å². The van der Waals surface area contributed by atoms with Crippen LogP contribution < -0.4 is 27.0 Å². The van der Waals surface area contributed by atoms with Crippen molar-refractivity contribution >= 4 is 11.6 Å². The Bertz CT molecular complexity index is 1440. The normalized spacial score (nSPS) is 17.4. The zero-order valence-corrected chi connectivity index (χ0v) is 17.4. The van der Waals surface area contributed by atoms with Crippen LogP contribution in [0.1, 0.15) is 15.9 Å². The minimum atomic E-state index is -4.62. The smallest absolute Gasteiger partial charge is 0.359 e. The van der Waals surface area contributed by atoms with Gasteiger partial charge in [-0.1, -0.05) is 0 Å². The van der Waals surface area contributed by atoms with E-state index in [2.05, 4.69) is 20.5 Å². The topological polar surface area (TPSA) is 144 Å². The molecule has 1 fully saturated rings. The Morgan fingerprint density at radius 1 is 1.11 bits per heavy atom. The highest BCUT2D eigenvalue weighted by molar-refractivity contribution is 5.94. The van der Waals surface area contributed by atoms with Crippen molar-refractivity contribution < 1.29 is 26.7 Å². The van der Waals surface area contributed by atoms with E-state index in [1.165, 1.54) is 0 Å². The molecule has 0 spiro atoms. The molecule has 0 aliphatic carbocycles. The third kappa shape index (κ3) is 4.83. The van der Waals surface area contributed by atoms with E-state index in [-0.39, 0.29) is 22.5 Å². The lowest BCUT2D eigenvalue weighted by Crippen LogP contribution is -2.46. The summed E-state index contributed by atoms with van der Waals surface area (Å²) in [4.78, 5) is 53.0. The second kappa shape index (κ2) is 8.48. The van der Waals surface area contributed by atoms with Crippen molar-refractivity contribution in [2.45, 2.75) is 18.1 Å². The fourth-order valence-corrected chi connectivity index (χ4v) is 3.54. The third-order valence-corrected chi connectivity index (χ3v) is 5.31. The van der Waals surface area contributed by atoms with E-state index in [4.69, 9.17) is 0 Å². The number of nitrogens with zero attached hydrogens (tertiary/aromatic N) is 2. The van der Waals surface area contributed by atoms with E-state index in [1.807, 2.05) is 4.98 Å². The molecule has 3 heterocycles. The van der Waals surface area contributed by atoms with E-state index >= 15 is 0 Å². The van der Waals surface area contributed by atoms with E-state index in [1.54, 1.807) is 0 Å². The molecule has 0 bridgehead atoms. The molecule has 4 rings (SSSR count). The maximum absolute atomic E-state index is 14.7. The van der Waals surface area contributed by atoms with Crippen molar-refractivity contribution in [2.75, 3.05) is 18.0 Å². The SMILES string of the molecule is O=C(NC1CN(c2cc(-c3c[nH]c(=O)[nH]c3=O)n[nH]c2=O)CC1(F)F)c1ccc(C(F)(F)F)cc1. The summed E-state index contributed by atoms with van der Waals surface area (Å²) in [5, 5.41) is 7.88. The fourth-order valence-electron chi connectivity index (χ4n) is 3.54. The van der Waals surface area contributed by atoms with Gasteiger partial charge in [0.05, 0.1) is 23.4 Å². The zero-order chi connectivity index (χ0) is 25.5. The van der Waals surface area contributed by atoms with Gasteiger partial charge in [-0.05, 0) is 30.3 Å². The van der Waals surface area contributed by atoms with Gasteiger partial charge in [-0.3, -0.25) is 19.4 Å². The maximum Gasteiger partial charge on any atom is 0.416 e. The van der Waals surface area contributed by atoms with Crippen LogP contribution in [-0.2, 0) is 6.18 Å². The van der Waals surface area contributed by atoms with Crippen LogP contribution in [0.3, 0.4) is 0 Å². The number of hydrogen-bond donors (Lipinski definition) is 4. The lowest BCUT2D eigenvalue weighted by molar-refractivity contribution is -0.137. The lowest BCUT2D eigenvalue weighted by atomic mass is 10.1. The first-order valence-corrected chi connectivity index (χ1v) is 9.88. The van der Waals surface area contributed by atoms with E-state index < -0.39 is 59.5 Å². The van der Waals surface area contributed by atoms with Gasteiger partial charge in [-0.15, -0.1) is 0 Å². The van der Waals surface area contributed by atoms with Gasteiger partial charge in [0, 0.05) is 18.3 Å². The molecule has 1 aromatic carbocycles. The molecule has 15 heteroatoms. The van der Waals surface area contributed by atoms with E-state index in [0.29, 0.717) is 12.1 Å². The second-order valence-electron chi connectivity index (χ2n) is 7.70. The zero-order valence-electron chi connectivity index (χ0n) is 17.4. The van der Waals surface area contributed by atoms with Crippen molar-refractivity contribution in [3.05, 3.63) is 78.8 Å². The summed E-state index contributed by atoms with van der Waals surface area (Å²) >= 11 is 0. The van der Waals surface area contributed by atoms with Crippen molar-refractivity contribution in [1.29, 1.82) is 0 Å². The number of anilines is 1. The fraction of sp³-hybridized carbons (Fsp3) is 0.250. The molecule has 184 valence electrons.